The maximum absolute atomic E-state index is 13.4. The molecule has 0 aromatic heterocycles. The summed E-state index contributed by atoms with van der Waals surface area (Å²) in [4.78, 5) is 39.9. The van der Waals surface area contributed by atoms with Crippen LogP contribution in [0.5, 0.6) is 0 Å². The molecule has 1 atom stereocenters. The molecule has 32 heavy (non-hydrogen) atoms. The number of likely N-dealkylation sites (N-methyl/N-ethyl adjacent to an activating group) is 1. The Hall–Kier alpha value is -2.91. The monoisotopic (exact) mass is 477 g/mol. The van der Waals surface area contributed by atoms with Crippen molar-refractivity contribution >= 4 is 39.3 Å². The van der Waals surface area contributed by atoms with Crippen LogP contribution in [-0.2, 0) is 26.2 Å². The minimum Gasteiger partial charge on any atom is -0.355 e. The smallest absolute Gasteiger partial charge is 0.269 e. The van der Waals surface area contributed by atoms with E-state index in [2.05, 4.69) is 5.32 Å². The largest absolute Gasteiger partial charge is 0.355 e. The zero-order chi connectivity index (χ0) is 23.5. The molecule has 3 amide bonds. The number of rotatable bonds is 8. The van der Waals surface area contributed by atoms with Crippen LogP contribution in [0.2, 0.25) is 5.02 Å². The number of nitrogens with zero attached hydrogens (tertiary/aromatic N) is 2. The van der Waals surface area contributed by atoms with Crippen LogP contribution in [0.15, 0.2) is 53.4 Å². The number of hydrogen-bond acceptors (Lipinski definition) is 5. The number of nitrogens with one attached hydrogen (secondary N) is 1. The van der Waals surface area contributed by atoms with Crippen LogP contribution >= 0.6 is 11.6 Å². The average Bonchev–Trinajstić information content (AvgIpc) is 2.96. The number of benzene rings is 2. The van der Waals surface area contributed by atoms with E-state index in [1.165, 1.54) is 23.1 Å². The van der Waals surface area contributed by atoms with Gasteiger partial charge >= 0.3 is 0 Å². The predicted molar refractivity (Wildman–Crippen MR) is 119 cm³/mol. The summed E-state index contributed by atoms with van der Waals surface area (Å²) in [6, 6.07) is 11.8. The van der Waals surface area contributed by atoms with Crippen LogP contribution in [0.3, 0.4) is 0 Å². The summed E-state index contributed by atoms with van der Waals surface area (Å²) >= 11 is 6.26. The Bertz CT molecular complexity index is 1150. The Kier molecular flexibility index (Phi) is 7.20. The Morgan fingerprint density at radius 1 is 1.09 bits per heavy atom. The summed E-state index contributed by atoms with van der Waals surface area (Å²) in [7, 11) is -4.16. The third-order valence-corrected chi connectivity index (χ3v) is 7.38. The van der Waals surface area contributed by atoms with Crippen LogP contribution in [0.1, 0.15) is 36.2 Å². The molecule has 170 valence electrons. The summed E-state index contributed by atoms with van der Waals surface area (Å²) in [5.41, 5.74) is 0.623. The molecular weight excluding hydrogens is 454 g/mol. The fraction of sp³-hybridized carbons (Fsp3) is 0.318. The molecule has 2 aromatic rings. The van der Waals surface area contributed by atoms with Crippen molar-refractivity contribution < 1.29 is 22.8 Å². The first-order valence-electron chi connectivity index (χ1n) is 10.2. The molecule has 1 N–H and O–H groups in total. The van der Waals surface area contributed by atoms with Gasteiger partial charge in [0.25, 0.3) is 15.9 Å². The second-order valence-electron chi connectivity index (χ2n) is 7.24. The van der Waals surface area contributed by atoms with Gasteiger partial charge in [0, 0.05) is 18.1 Å². The fourth-order valence-electron chi connectivity index (χ4n) is 3.62. The van der Waals surface area contributed by atoms with Crippen LogP contribution < -0.4 is 5.32 Å². The number of fused-ring (bicyclic) bond motifs is 1. The van der Waals surface area contributed by atoms with E-state index in [0.717, 1.165) is 0 Å². The maximum Gasteiger partial charge on any atom is 0.269 e. The number of amides is 3. The minimum atomic E-state index is -4.16. The Balaban J connectivity index is 1.94. The molecule has 0 saturated carbocycles. The van der Waals surface area contributed by atoms with E-state index in [-0.39, 0.29) is 22.9 Å². The lowest BCUT2D eigenvalue weighted by Crippen LogP contribution is -2.52. The summed E-state index contributed by atoms with van der Waals surface area (Å²) in [6.45, 7) is 3.16. The zero-order valence-corrected chi connectivity index (χ0v) is 19.3. The SMILES string of the molecule is CCNC(=O)C(CC)N(Cc1ccccc1Cl)C(=O)CN1C(=O)c2ccccc2S1(=O)=O. The Morgan fingerprint density at radius 2 is 1.75 bits per heavy atom. The van der Waals surface area contributed by atoms with Gasteiger partial charge in [-0.2, -0.15) is 0 Å². The van der Waals surface area contributed by atoms with Gasteiger partial charge < -0.3 is 10.2 Å². The number of sulfonamides is 1. The Morgan fingerprint density at radius 3 is 2.38 bits per heavy atom. The summed E-state index contributed by atoms with van der Waals surface area (Å²) < 4.78 is 26.3. The van der Waals surface area contributed by atoms with Gasteiger partial charge in [-0.05, 0) is 37.1 Å². The molecule has 0 radical (unpaired) electrons. The number of hydrogen-bond donors (Lipinski definition) is 1. The Labute approximate surface area is 192 Å². The maximum atomic E-state index is 13.4. The van der Waals surface area contributed by atoms with Gasteiger partial charge in [0.1, 0.15) is 17.5 Å². The molecule has 1 aliphatic rings. The molecule has 1 heterocycles. The lowest BCUT2D eigenvalue weighted by atomic mass is 10.1. The van der Waals surface area contributed by atoms with Crippen molar-refractivity contribution in [3.63, 3.8) is 0 Å². The molecule has 8 nitrogen and oxygen atoms in total. The van der Waals surface area contributed by atoms with E-state index in [4.69, 9.17) is 11.6 Å². The van der Waals surface area contributed by atoms with Crippen molar-refractivity contribution in [3.8, 4) is 0 Å². The molecule has 1 unspecified atom stereocenters. The highest BCUT2D eigenvalue weighted by molar-refractivity contribution is 7.90. The first-order valence-corrected chi connectivity index (χ1v) is 12.0. The summed E-state index contributed by atoms with van der Waals surface area (Å²) in [6.07, 6.45) is 0.295. The second kappa shape index (κ2) is 9.70. The lowest BCUT2D eigenvalue weighted by Gasteiger charge is -2.31. The summed E-state index contributed by atoms with van der Waals surface area (Å²) in [5, 5.41) is 3.11. The van der Waals surface area contributed by atoms with E-state index in [0.29, 0.717) is 27.9 Å². The molecule has 10 heteroatoms. The molecule has 0 saturated heterocycles. The third-order valence-electron chi connectivity index (χ3n) is 5.23. The van der Waals surface area contributed by atoms with E-state index >= 15 is 0 Å². The zero-order valence-electron chi connectivity index (χ0n) is 17.7. The van der Waals surface area contributed by atoms with Crippen molar-refractivity contribution in [2.75, 3.05) is 13.1 Å². The van der Waals surface area contributed by atoms with Gasteiger partial charge in [0.2, 0.25) is 11.8 Å². The van der Waals surface area contributed by atoms with E-state index in [9.17, 15) is 22.8 Å². The molecule has 0 bridgehead atoms. The molecule has 1 aliphatic heterocycles. The number of halogens is 1. The third kappa shape index (κ3) is 4.49. The van der Waals surface area contributed by atoms with E-state index in [1.54, 1.807) is 44.2 Å². The lowest BCUT2D eigenvalue weighted by molar-refractivity contribution is -0.141. The molecule has 0 fully saturated rings. The topological polar surface area (TPSA) is 104 Å². The van der Waals surface area contributed by atoms with Crippen LogP contribution in [0, 0.1) is 0 Å². The number of carbonyl (C=O) groups excluding carboxylic acids is 3. The highest BCUT2D eigenvalue weighted by Gasteiger charge is 2.43. The highest BCUT2D eigenvalue weighted by Crippen LogP contribution is 2.30. The minimum absolute atomic E-state index is 0.0107. The van der Waals surface area contributed by atoms with Crippen molar-refractivity contribution in [2.45, 2.75) is 37.8 Å². The van der Waals surface area contributed by atoms with E-state index < -0.39 is 34.4 Å². The van der Waals surface area contributed by atoms with Crippen LogP contribution in [0.4, 0.5) is 0 Å². The first kappa shape index (κ1) is 23.7. The average molecular weight is 478 g/mol. The molecule has 3 rings (SSSR count). The molecule has 0 aliphatic carbocycles. The van der Waals surface area contributed by atoms with Gasteiger partial charge in [-0.3, -0.25) is 14.4 Å². The molecular formula is C22H24ClN3O5S. The van der Waals surface area contributed by atoms with Crippen molar-refractivity contribution in [3.05, 3.63) is 64.7 Å². The second-order valence-corrected chi connectivity index (χ2v) is 9.48. The van der Waals surface area contributed by atoms with Crippen LogP contribution in [0.25, 0.3) is 0 Å². The van der Waals surface area contributed by atoms with Gasteiger partial charge in [-0.1, -0.05) is 48.9 Å². The highest BCUT2D eigenvalue weighted by atomic mass is 35.5. The van der Waals surface area contributed by atoms with Gasteiger partial charge in [0.15, 0.2) is 0 Å². The predicted octanol–water partition coefficient (Wildman–Crippen LogP) is 2.43. The van der Waals surface area contributed by atoms with E-state index in [1.807, 2.05) is 0 Å². The van der Waals surface area contributed by atoms with Crippen molar-refractivity contribution in [2.24, 2.45) is 0 Å². The van der Waals surface area contributed by atoms with Crippen molar-refractivity contribution in [1.29, 1.82) is 0 Å². The van der Waals surface area contributed by atoms with Crippen molar-refractivity contribution in [1.82, 2.24) is 14.5 Å². The quantitative estimate of drug-likeness (QED) is 0.628. The van der Waals surface area contributed by atoms with Gasteiger partial charge in [0.05, 0.1) is 5.56 Å². The fourth-order valence-corrected chi connectivity index (χ4v) is 5.34. The molecule has 0 spiro atoms. The first-order chi connectivity index (χ1) is 15.2. The molecule has 2 aromatic carbocycles. The van der Waals surface area contributed by atoms with Crippen LogP contribution in [-0.4, -0.2) is 54.5 Å². The number of carbonyl (C=O) groups is 3. The summed E-state index contributed by atoms with van der Waals surface area (Å²) in [5.74, 6) is -1.81. The van der Waals surface area contributed by atoms with Gasteiger partial charge in [-0.25, -0.2) is 12.7 Å². The van der Waals surface area contributed by atoms with Gasteiger partial charge in [-0.15, -0.1) is 0 Å². The standard InChI is InChI=1S/C22H24ClN3O5S/c1-3-18(21(28)24-4-2)25(13-15-9-5-7-11-17(15)23)20(27)14-26-22(29)16-10-6-8-12-19(16)32(26,30)31/h5-12,18H,3-4,13-14H2,1-2H3,(H,24,28). The normalized spacial score (nSPS) is 15.2.